The fourth-order valence-corrected chi connectivity index (χ4v) is 3.55. The maximum absolute atomic E-state index is 12.4. The number of aryl methyl sites for hydroxylation is 1. The van der Waals surface area contributed by atoms with Crippen molar-refractivity contribution in [3.05, 3.63) is 35.4 Å². The fourth-order valence-electron chi connectivity index (χ4n) is 3.55. The number of likely N-dealkylation sites (tertiary alicyclic amines) is 1. The van der Waals surface area contributed by atoms with Gasteiger partial charge in [-0.1, -0.05) is 36.8 Å². The fraction of sp³-hybridized carbons (Fsp3) is 0.526. The van der Waals surface area contributed by atoms with Gasteiger partial charge in [0.1, 0.15) is 5.54 Å². The highest BCUT2D eigenvalue weighted by Crippen LogP contribution is 2.31. The van der Waals surface area contributed by atoms with E-state index in [4.69, 9.17) is 0 Å². The van der Waals surface area contributed by atoms with Gasteiger partial charge in [0, 0.05) is 6.04 Å². The number of hydrogen-bond acceptors (Lipinski definition) is 4. The lowest BCUT2D eigenvalue weighted by atomic mass is 10.00. The summed E-state index contributed by atoms with van der Waals surface area (Å²) in [4.78, 5) is 38.9. The van der Waals surface area contributed by atoms with Gasteiger partial charge in [0.25, 0.3) is 11.8 Å². The summed E-state index contributed by atoms with van der Waals surface area (Å²) in [5, 5.41) is 3.44. The van der Waals surface area contributed by atoms with Crippen molar-refractivity contribution in [3.63, 3.8) is 0 Å². The molecule has 26 heavy (non-hydrogen) atoms. The Morgan fingerprint density at radius 3 is 2.62 bits per heavy atom. The molecule has 0 aromatic heterocycles. The van der Waals surface area contributed by atoms with Gasteiger partial charge in [0.2, 0.25) is 0 Å². The van der Waals surface area contributed by atoms with E-state index < -0.39 is 17.5 Å². The molecule has 2 fully saturated rings. The average molecular weight is 358 g/mol. The van der Waals surface area contributed by atoms with Crippen LogP contribution in [0.3, 0.4) is 0 Å². The molecule has 1 aromatic rings. The first kappa shape index (κ1) is 18.4. The van der Waals surface area contributed by atoms with Crippen LogP contribution in [0.1, 0.15) is 50.3 Å². The SMILES string of the molecule is CC[C@@]1(C)NC(=O)N(NC(=O)CN2CCC[C@H]2c2ccc(C)cc2)C1=O. The van der Waals surface area contributed by atoms with Crippen molar-refractivity contribution in [1.82, 2.24) is 20.7 Å². The molecule has 3 rings (SSSR count). The first-order valence-electron chi connectivity index (χ1n) is 9.11. The quantitative estimate of drug-likeness (QED) is 0.788. The Bertz CT molecular complexity index is 718. The van der Waals surface area contributed by atoms with Gasteiger partial charge in [-0.15, -0.1) is 0 Å². The summed E-state index contributed by atoms with van der Waals surface area (Å²) in [7, 11) is 0. The van der Waals surface area contributed by atoms with E-state index in [-0.39, 0.29) is 18.5 Å². The molecular formula is C19H26N4O3. The Kier molecular flexibility index (Phi) is 5.00. The van der Waals surface area contributed by atoms with Crippen molar-refractivity contribution in [1.29, 1.82) is 0 Å². The van der Waals surface area contributed by atoms with Crippen molar-refractivity contribution >= 4 is 17.8 Å². The maximum atomic E-state index is 12.4. The molecule has 0 unspecified atom stereocenters. The molecule has 2 saturated heterocycles. The Morgan fingerprint density at radius 1 is 1.31 bits per heavy atom. The lowest BCUT2D eigenvalue weighted by molar-refractivity contribution is -0.139. The van der Waals surface area contributed by atoms with E-state index in [1.165, 1.54) is 11.1 Å². The third-order valence-electron chi connectivity index (χ3n) is 5.38. The second-order valence-corrected chi connectivity index (χ2v) is 7.33. The normalized spacial score (nSPS) is 26.3. The van der Waals surface area contributed by atoms with Crippen LogP contribution in [0.15, 0.2) is 24.3 Å². The van der Waals surface area contributed by atoms with Crippen LogP contribution in [-0.2, 0) is 9.59 Å². The highest BCUT2D eigenvalue weighted by Gasteiger charge is 2.47. The predicted octanol–water partition coefficient (Wildman–Crippen LogP) is 1.88. The molecule has 2 heterocycles. The Labute approximate surface area is 153 Å². The molecular weight excluding hydrogens is 332 g/mol. The van der Waals surface area contributed by atoms with Crippen LogP contribution in [0.5, 0.6) is 0 Å². The zero-order valence-electron chi connectivity index (χ0n) is 15.5. The van der Waals surface area contributed by atoms with Crippen LogP contribution in [0.4, 0.5) is 4.79 Å². The van der Waals surface area contributed by atoms with Crippen LogP contribution < -0.4 is 10.7 Å². The van der Waals surface area contributed by atoms with Crippen LogP contribution >= 0.6 is 0 Å². The number of rotatable bonds is 5. The molecule has 2 aliphatic heterocycles. The van der Waals surface area contributed by atoms with E-state index in [1.54, 1.807) is 6.92 Å². The van der Waals surface area contributed by atoms with E-state index in [1.807, 2.05) is 13.8 Å². The van der Waals surface area contributed by atoms with Gasteiger partial charge in [-0.25, -0.2) is 4.79 Å². The van der Waals surface area contributed by atoms with Crippen molar-refractivity contribution in [2.24, 2.45) is 0 Å². The highest BCUT2D eigenvalue weighted by atomic mass is 16.2. The van der Waals surface area contributed by atoms with Gasteiger partial charge in [-0.2, -0.15) is 5.01 Å². The summed E-state index contributed by atoms with van der Waals surface area (Å²) in [5.74, 6) is -0.775. The molecule has 0 saturated carbocycles. The Hall–Kier alpha value is -2.41. The minimum atomic E-state index is -0.956. The number of benzene rings is 1. The van der Waals surface area contributed by atoms with Gasteiger partial charge in [0.05, 0.1) is 6.54 Å². The zero-order chi connectivity index (χ0) is 18.9. The molecule has 7 heteroatoms. The standard InChI is InChI=1S/C19H26N4O3/c1-4-19(3)17(25)23(18(26)20-19)21-16(24)12-22-11-5-6-15(22)14-9-7-13(2)8-10-14/h7-10,15H,4-6,11-12H2,1-3H3,(H,20,26)(H,21,24)/t15-,19+/m0/s1. The molecule has 0 spiro atoms. The average Bonchev–Trinajstić information content (AvgIpc) is 3.14. The van der Waals surface area contributed by atoms with E-state index in [2.05, 4.69) is 39.9 Å². The number of amides is 4. The topological polar surface area (TPSA) is 81.8 Å². The van der Waals surface area contributed by atoms with Crippen molar-refractivity contribution in [2.45, 2.75) is 51.6 Å². The summed E-state index contributed by atoms with van der Waals surface area (Å²) >= 11 is 0. The summed E-state index contributed by atoms with van der Waals surface area (Å²) in [5.41, 5.74) is 3.90. The van der Waals surface area contributed by atoms with Crippen LogP contribution in [0, 0.1) is 6.92 Å². The molecule has 1 aromatic carbocycles. The number of carbonyl (C=O) groups excluding carboxylic acids is 3. The molecule has 2 N–H and O–H groups in total. The Balaban J connectivity index is 1.63. The highest BCUT2D eigenvalue weighted by molar-refractivity contribution is 6.07. The minimum Gasteiger partial charge on any atom is -0.322 e. The van der Waals surface area contributed by atoms with Gasteiger partial charge in [0.15, 0.2) is 0 Å². The zero-order valence-corrected chi connectivity index (χ0v) is 15.5. The molecule has 7 nitrogen and oxygen atoms in total. The lowest BCUT2D eigenvalue weighted by Crippen LogP contribution is -2.51. The second kappa shape index (κ2) is 7.07. The summed E-state index contributed by atoms with van der Waals surface area (Å²) in [6.45, 7) is 6.50. The number of nitrogens with one attached hydrogen (secondary N) is 2. The first-order valence-corrected chi connectivity index (χ1v) is 9.11. The number of imide groups is 1. The first-order chi connectivity index (χ1) is 12.3. The monoisotopic (exact) mass is 358 g/mol. The van der Waals surface area contributed by atoms with Crippen LogP contribution in [0.25, 0.3) is 0 Å². The van der Waals surface area contributed by atoms with E-state index >= 15 is 0 Å². The van der Waals surface area contributed by atoms with Gasteiger partial charge >= 0.3 is 6.03 Å². The molecule has 140 valence electrons. The van der Waals surface area contributed by atoms with E-state index in [0.717, 1.165) is 24.4 Å². The van der Waals surface area contributed by atoms with Crippen LogP contribution in [0.2, 0.25) is 0 Å². The molecule has 0 bridgehead atoms. The van der Waals surface area contributed by atoms with E-state index in [0.29, 0.717) is 6.42 Å². The molecule has 0 aliphatic carbocycles. The third-order valence-corrected chi connectivity index (χ3v) is 5.38. The number of hydrazine groups is 1. The maximum Gasteiger partial charge on any atom is 0.344 e. The molecule has 2 aliphatic rings. The smallest absolute Gasteiger partial charge is 0.322 e. The van der Waals surface area contributed by atoms with Gasteiger partial charge in [-0.05, 0) is 45.2 Å². The number of hydrogen-bond donors (Lipinski definition) is 2. The minimum absolute atomic E-state index is 0.151. The number of nitrogens with zero attached hydrogens (tertiary/aromatic N) is 2. The molecule has 4 amide bonds. The third kappa shape index (κ3) is 3.44. The van der Waals surface area contributed by atoms with Gasteiger partial charge in [-0.3, -0.25) is 19.9 Å². The Morgan fingerprint density at radius 2 is 2.00 bits per heavy atom. The van der Waals surface area contributed by atoms with Crippen LogP contribution in [-0.4, -0.2) is 46.4 Å². The van der Waals surface area contributed by atoms with Gasteiger partial charge < -0.3 is 5.32 Å². The van der Waals surface area contributed by atoms with Crippen molar-refractivity contribution in [3.8, 4) is 0 Å². The predicted molar refractivity (Wildman–Crippen MR) is 96.9 cm³/mol. The van der Waals surface area contributed by atoms with Crippen molar-refractivity contribution < 1.29 is 14.4 Å². The van der Waals surface area contributed by atoms with Crippen molar-refractivity contribution in [2.75, 3.05) is 13.1 Å². The van der Waals surface area contributed by atoms with E-state index in [9.17, 15) is 14.4 Å². The summed E-state index contributed by atoms with van der Waals surface area (Å²) in [6, 6.07) is 7.95. The lowest BCUT2D eigenvalue weighted by Gasteiger charge is -2.25. The summed E-state index contributed by atoms with van der Waals surface area (Å²) in [6.07, 6.45) is 2.47. The molecule has 2 atom stereocenters. The largest absolute Gasteiger partial charge is 0.344 e. The number of urea groups is 1. The molecule has 0 radical (unpaired) electrons. The second-order valence-electron chi connectivity index (χ2n) is 7.33. The summed E-state index contributed by atoms with van der Waals surface area (Å²) < 4.78 is 0. The number of carbonyl (C=O) groups is 3.